The number of ether oxygens (including phenoxy) is 2. The summed E-state index contributed by atoms with van der Waals surface area (Å²) in [5, 5.41) is 5.09. The maximum absolute atomic E-state index is 6.09. The lowest BCUT2D eigenvalue weighted by Gasteiger charge is -2.06. The Hall–Kier alpha value is -2.20. The molecule has 0 atom stereocenters. The van der Waals surface area contributed by atoms with Crippen molar-refractivity contribution in [2.24, 2.45) is 5.10 Å². The Morgan fingerprint density at radius 3 is 2.76 bits per heavy atom. The molecule has 0 saturated carbocycles. The van der Waals surface area contributed by atoms with Crippen LogP contribution in [-0.4, -0.2) is 12.5 Å². The fourth-order valence-electron chi connectivity index (χ4n) is 2.00. The Bertz CT molecular complexity index is 713. The predicted octanol–water partition coefficient (Wildman–Crippen LogP) is 4.21. The van der Waals surface area contributed by atoms with Crippen molar-refractivity contribution in [3.8, 4) is 11.5 Å². The minimum atomic E-state index is 0.273. The molecule has 2 aromatic carbocycles. The van der Waals surface area contributed by atoms with Crippen LogP contribution >= 0.6 is 11.6 Å². The van der Waals surface area contributed by atoms with Crippen molar-refractivity contribution in [1.82, 2.24) is 0 Å². The Kier molecular flexibility index (Phi) is 3.71. The maximum atomic E-state index is 6.09. The predicted molar refractivity (Wildman–Crippen MR) is 84.6 cm³/mol. The first-order valence-corrected chi connectivity index (χ1v) is 6.98. The molecule has 0 amide bonds. The van der Waals surface area contributed by atoms with E-state index in [-0.39, 0.29) is 6.79 Å². The van der Waals surface area contributed by atoms with Crippen LogP contribution in [-0.2, 0) is 0 Å². The molecule has 1 aliphatic heterocycles. The molecule has 2 aromatic rings. The second-order valence-corrected chi connectivity index (χ2v) is 5.25. The van der Waals surface area contributed by atoms with E-state index in [1.807, 2.05) is 50.2 Å². The average molecular weight is 303 g/mol. The Labute approximate surface area is 128 Å². The smallest absolute Gasteiger partial charge is 0.231 e. The molecular weight excluding hydrogens is 288 g/mol. The number of fused-ring (bicyclic) bond motifs is 1. The van der Waals surface area contributed by atoms with E-state index >= 15 is 0 Å². The molecule has 3 rings (SSSR count). The Balaban J connectivity index is 1.78. The lowest BCUT2D eigenvalue weighted by Crippen LogP contribution is -2.00. The minimum Gasteiger partial charge on any atom is -0.454 e. The Morgan fingerprint density at radius 1 is 1.14 bits per heavy atom. The fraction of sp³-hybridized carbons (Fsp3) is 0.188. The van der Waals surface area contributed by atoms with E-state index in [1.165, 1.54) is 0 Å². The van der Waals surface area contributed by atoms with Crippen LogP contribution in [0.3, 0.4) is 0 Å². The highest BCUT2D eigenvalue weighted by molar-refractivity contribution is 6.31. The molecular formula is C16H15ClN2O2. The molecule has 108 valence electrons. The largest absolute Gasteiger partial charge is 0.454 e. The zero-order valence-electron chi connectivity index (χ0n) is 11.8. The zero-order valence-corrected chi connectivity index (χ0v) is 12.6. The lowest BCUT2D eigenvalue weighted by atomic mass is 10.1. The van der Waals surface area contributed by atoms with Gasteiger partial charge in [-0.05, 0) is 49.7 Å². The first-order chi connectivity index (χ1) is 10.1. The Morgan fingerprint density at radius 2 is 1.95 bits per heavy atom. The number of aryl methyl sites for hydroxylation is 1. The van der Waals surface area contributed by atoms with Crippen LogP contribution in [0, 0.1) is 6.92 Å². The van der Waals surface area contributed by atoms with Gasteiger partial charge in [0.1, 0.15) is 0 Å². The molecule has 0 fully saturated rings. The van der Waals surface area contributed by atoms with Gasteiger partial charge in [0.15, 0.2) is 11.5 Å². The van der Waals surface area contributed by atoms with E-state index in [4.69, 9.17) is 21.1 Å². The third kappa shape index (κ3) is 2.95. The third-order valence-corrected chi connectivity index (χ3v) is 3.72. The molecule has 1 aliphatic rings. The number of benzene rings is 2. The van der Waals surface area contributed by atoms with Crippen molar-refractivity contribution >= 4 is 23.0 Å². The normalized spacial score (nSPS) is 13.4. The number of nitrogens with one attached hydrogen (secondary N) is 1. The molecule has 5 heteroatoms. The van der Waals surface area contributed by atoms with Crippen LogP contribution in [0.4, 0.5) is 5.69 Å². The number of anilines is 1. The highest BCUT2D eigenvalue weighted by atomic mass is 35.5. The summed E-state index contributed by atoms with van der Waals surface area (Å²) in [5.74, 6) is 1.52. The molecule has 0 aromatic heterocycles. The standard InChI is InChI=1S/C16H15ClN2O2/c1-10-3-5-13(8-14(10)17)19-18-11(2)12-4-6-15-16(7-12)21-9-20-15/h3-8,19H,9H2,1-2H3/b18-11-. The summed E-state index contributed by atoms with van der Waals surface area (Å²) < 4.78 is 10.7. The van der Waals surface area contributed by atoms with Crippen LogP contribution < -0.4 is 14.9 Å². The van der Waals surface area contributed by atoms with Crippen LogP contribution in [0.5, 0.6) is 11.5 Å². The molecule has 0 aliphatic carbocycles. The quantitative estimate of drug-likeness (QED) is 0.682. The molecule has 0 spiro atoms. The topological polar surface area (TPSA) is 42.9 Å². The average Bonchev–Trinajstić information content (AvgIpc) is 2.95. The van der Waals surface area contributed by atoms with Crippen LogP contribution in [0.2, 0.25) is 5.02 Å². The fourth-order valence-corrected chi connectivity index (χ4v) is 2.18. The number of hydrazone groups is 1. The van der Waals surface area contributed by atoms with E-state index in [0.29, 0.717) is 0 Å². The van der Waals surface area contributed by atoms with Gasteiger partial charge in [0.25, 0.3) is 0 Å². The van der Waals surface area contributed by atoms with Gasteiger partial charge in [-0.25, -0.2) is 0 Å². The van der Waals surface area contributed by atoms with Gasteiger partial charge in [-0.3, -0.25) is 5.43 Å². The van der Waals surface area contributed by atoms with Crippen molar-refractivity contribution in [3.63, 3.8) is 0 Å². The van der Waals surface area contributed by atoms with Crippen LogP contribution in [0.15, 0.2) is 41.5 Å². The van der Waals surface area contributed by atoms with Crippen molar-refractivity contribution in [2.75, 3.05) is 12.2 Å². The van der Waals surface area contributed by atoms with Crippen molar-refractivity contribution in [3.05, 3.63) is 52.5 Å². The van der Waals surface area contributed by atoms with E-state index in [9.17, 15) is 0 Å². The van der Waals surface area contributed by atoms with Gasteiger partial charge in [0.2, 0.25) is 6.79 Å². The second-order valence-electron chi connectivity index (χ2n) is 4.84. The van der Waals surface area contributed by atoms with Crippen molar-refractivity contribution in [1.29, 1.82) is 0 Å². The van der Waals surface area contributed by atoms with Gasteiger partial charge in [-0.2, -0.15) is 5.10 Å². The molecule has 4 nitrogen and oxygen atoms in total. The monoisotopic (exact) mass is 302 g/mol. The molecule has 0 bridgehead atoms. The SMILES string of the molecule is C/C(=N/Nc1ccc(C)c(Cl)c1)c1ccc2c(c1)OCO2. The summed E-state index contributed by atoms with van der Waals surface area (Å²) in [6.45, 7) is 4.17. The maximum Gasteiger partial charge on any atom is 0.231 e. The van der Waals surface area contributed by atoms with Crippen LogP contribution in [0.25, 0.3) is 0 Å². The second kappa shape index (κ2) is 5.66. The van der Waals surface area contributed by atoms with E-state index in [0.717, 1.165) is 39.0 Å². The van der Waals surface area contributed by atoms with E-state index in [1.54, 1.807) is 0 Å². The van der Waals surface area contributed by atoms with Crippen molar-refractivity contribution in [2.45, 2.75) is 13.8 Å². The summed E-state index contributed by atoms with van der Waals surface area (Å²) in [4.78, 5) is 0. The highest BCUT2D eigenvalue weighted by Crippen LogP contribution is 2.32. The number of rotatable bonds is 3. The molecule has 1 N–H and O–H groups in total. The number of hydrogen-bond acceptors (Lipinski definition) is 4. The summed E-state index contributed by atoms with van der Waals surface area (Å²) in [7, 11) is 0. The summed E-state index contributed by atoms with van der Waals surface area (Å²) in [6.07, 6.45) is 0. The highest BCUT2D eigenvalue weighted by Gasteiger charge is 2.13. The van der Waals surface area contributed by atoms with Gasteiger partial charge >= 0.3 is 0 Å². The van der Waals surface area contributed by atoms with Gasteiger partial charge in [-0.15, -0.1) is 0 Å². The van der Waals surface area contributed by atoms with Gasteiger partial charge in [0, 0.05) is 10.6 Å². The summed E-state index contributed by atoms with van der Waals surface area (Å²) >= 11 is 6.09. The van der Waals surface area contributed by atoms with Gasteiger partial charge in [0.05, 0.1) is 11.4 Å². The summed E-state index contributed by atoms with van der Waals surface area (Å²) in [5.41, 5.74) is 6.73. The first-order valence-electron chi connectivity index (χ1n) is 6.60. The number of halogens is 1. The molecule has 0 radical (unpaired) electrons. The van der Waals surface area contributed by atoms with E-state index < -0.39 is 0 Å². The molecule has 0 unspecified atom stereocenters. The van der Waals surface area contributed by atoms with Crippen molar-refractivity contribution < 1.29 is 9.47 Å². The zero-order chi connectivity index (χ0) is 14.8. The van der Waals surface area contributed by atoms with E-state index in [2.05, 4.69) is 10.5 Å². The number of hydrogen-bond donors (Lipinski definition) is 1. The number of nitrogens with zero attached hydrogens (tertiary/aromatic N) is 1. The molecule has 1 heterocycles. The van der Waals surface area contributed by atoms with Gasteiger partial charge < -0.3 is 9.47 Å². The first kappa shape index (κ1) is 13.8. The minimum absolute atomic E-state index is 0.273. The molecule has 0 saturated heterocycles. The van der Waals surface area contributed by atoms with Gasteiger partial charge in [-0.1, -0.05) is 17.7 Å². The lowest BCUT2D eigenvalue weighted by molar-refractivity contribution is 0.174. The third-order valence-electron chi connectivity index (χ3n) is 3.31. The van der Waals surface area contributed by atoms with Crippen LogP contribution in [0.1, 0.15) is 18.1 Å². The molecule has 21 heavy (non-hydrogen) atoms. The summed E-state index contributed by atoms with van der Waals surface area (Å²) in [6, 6.07) is 11.5.